The number of aliphatic carboxylic acids is 1. The quantitative estimate of drug-likeness (QED) is 0.688. The third-order valence-corrected chi connectivity index (χ3v) is 6.13. The number of nitrogens with zero attached hydrogens (tertiary/aromatic N) is 1. The summed E-state index contributed by atoms with van der Waals surface area (Å²) in [5.41, 5.74) is 3.20. The Labute approximate surface area is 174 Å². The normalized spacial score (nSPS) is 18.5. The second-order valence-electron chi connectivity index (χ2n) is 7.08. The number of hydrogen-bond donors (Lipinski definition) is 1. The van der Waals surface area contributed by atoms with Crippen molar-refractivity contribution in [1.82, 2.24) is 4.90 Å². The number of carboxylic acid groups (broad SMARTS) is 1. The van der Waals surface area contributed by atoms with Crippen molar-refractivity contribution in [3.63, 3.8) is 0 Å². The molecule has 150 valence electrons. The van der Waals surface area contributed by atoms with E-state index in [1.165, 1.54) is 0 Å². The van der Waals surface area contributed by atoms with Gasteiger partial charge < -0.3 is 14.6 Å². The van der Waals surface area contributed by atoms with Crippen LogP contribution in [-0.4, -0.2) is 42.8 Å². The lowest BCUT2D eigenvalue weighted by Gasteiger charge is -2.40. The maximum absolute atomic E-state index is 12.0. The number of carboxylic acids is 1. The molecule has 0 aliphatic carbocycles. The zero-order valence-electron chi connectivity index (χ0n) is 16.4. The van der Waals surface area contributed by atoms with Crippen LogP contribution in [0.5, 0.6) is 11.5 Å². The number of ether oxygens (including phenoxy) is 2. The fourth-order valence-electron chi connectivity index (χ4n) is 4.03. The van der Waals surface area contributed by atoms with Crippen LogP contribution in [0.25, 0.3) is 0 Å². The van der Waals surface area contributed by atoms with Crippen LogP contribution in [0.15, 0.2) is 40.9 Å². The molecule has 1 N–H and O–H groups in total. The number of halogens is 1. The summed E-state index contributed by atoms with van der Waals surface area (Å²) < 4.78 is 11.8. The molecule has 6 heteroatoms. The van der Waals surface area contributed by atoms with Crippen LogP contribution in [0.1, 0.15) is 42.0 Å². The highest BCUT2D eigenvalue weighted by Gasteiger charge is 2.36. The molecule has 1 heterocycles. The van der Waals surface area contributed by atoms with Gasteiger partial charge in [-0.2, -0.15) is 0 Å². The first-order valence-electron chi connectivity index (χ1n) is 9.43. The standard InChI is InChI=1S/C22H26BrNO4/c1-14-8-4-5-9-15(14)21(24-11-7-6-10-18(24)22(25)26)16-12-19(27-2)20(28-3)13-17(16)23/h4-5,8-9,12-13,18,21H,6-7,10-11H2,1-3H3,(H,25,26). The first-order chi connectivity index (χ1) is 13.5. The van der Waals surface area contributed by atoms with Crippen molar-refractivity contribution in [1.29, 1.82) is 0 Å². The van der Waals surface area contributed by atoms with Gasteiger partial charge in [-0.25, -0.2) is 0 Å². The Kier molecular flexibility index (Phi) is 6.62. The Hall–Kier alpha value is -2.05. The van der Waals surface area contributed by atoms with Crippen LogP contribution in [0.4, 0.5) is 0 Å². The number of piperidine rings is 1. The molecule has 3 rings (SSSR count). The topological polar surface area (TPSA) is 59.0 Å². The summed E-state index contributed by atoms with van der Waals surface area (Å²) in [5.74, 6) is 0.494. The molecule has 0 amide bonds. The number of aryl methyl sites for hydroxylation is 1. The van der Waals surface area contributed by atoms with Gasteiger partial charge in [-0.15, -0.1) is 0 Å². The smallest absolute Gasteiger partial charge is 0.320 e. The molecule has 1 saturated heterocycles. The van der Waals surface area contributed by atoms with Crippen LogP contribution >= 0.6 is 15.9 Å². The lowest BCUT2D eigenvalue weighted by Crippen LogP contribution is -2.47. The van der Waals surface area contributed by atoms with Gasteiger partial charge in [-0.3, -0.25) is 9.69 Å². The number of benzene rings is 2. The summed E-state index contributed by atoms with van der Waals surface area (Å²) in [5, 5.41) is 9.87. The zero-order valence-corrected chi connectivity index (χ0v) is 18.0. The van der Waals surface area contributed by atoms with Crippen LogP contribution in [0.3, 0.4) is 0 Å². The average molecular weight is 448 g/mol. The molecule has 1 fully saturated rings. The molecule has 2 unspecified atom stereocenters. The van der Waals surface area contributed by atoms with E-state index in [0.29, 0.717) is 17.9 Å². The first-order valence-corrected chi connectivity index (χ1v) is 10.2. The second kappa shape index (κ2) is 8.97. The van der Waals surface area contributed by atoms with Crippen molar-refractivity contribution in [2.45, 2.75) is 38.3 Å². The maximum atomic E-state index is 12.0. The Morgan fingerprint density at radius 3 is 2.46 bits per heavy atom. The molecule has 0 saturated carbocycles. The predicted molar refractivity (Wildman–Crippen MR) is 112 cm³/mol. The summed E-state index contributed by atoms with van der Waals surface area (Å²) in [6.45, 7) is 2.80. The molecule has 0 aromatic heterocycles. The van der Waals surface area contributed by atoms with Gasteiger partial charge in [-0.05, 0) is 55.1 Å². The maximum Gasteiger partial charge on any atom is 0.320 e. The van der Waals surface area contributed by atoms with E-state index in [1.54, 1.807) is 14.2 Å². The molecule has 5 nitrogen and oxygen atoms in total. The molecule has 2 aromatic rings. The molecule has 0 bridgehead atoms. The second-order valence-corrected chi connectivity index (χ2v) is 7.93. The van der Waals surface area contributed by atoms with Gasteiger partial charge >= 0.3 is 5.97 Å². The lowest BCUT2D eigenvalue weighted by atomic mass is 9.89. The molecule has 2 aromatic carbocycles. The average Bonchev–Trinajstić information content (AvgIpc) is 2.70. The number of rotatable bonds is 6. The summed E-state index contributed by atoms with van der Waals surface area (Å²) >= 11 is 3.69. The van der Waals surface area contributed by atoms with Gasteiger partial charge in [0.25, 0.3) is 0 Å². The van der Waals surface area contributed by atoms with E-state index in [4.69, 9.17) is 9.47 Å². The van der Waals surface area contributed by atoms with E-state index in [1.807, 2.05) is 24.3 Å². The molecule has 0 radical (unpaired) electrons. The largest absolute Gasteiger partial charge is 0.493 e. The van der Waals surface area contributed by atoms with Crippen molar-refractivity contribution in [3.05, 3.63) is 57.6 Å². The third kappa shape index (κ3) is 4.03. The van der Waals surface area contributed by atoms with E-state index < -0.39 is 12.0 Å². The van der Waals surface area contributed by atoms with Crippen LogP contribution in [-0.2, 0) is 4.79 Å². The van der Waals surface area contributed by atoms with Gasteiger partial charge in [0.05, 0.1) is 20.3 Å². The van der Waals surface area contributed by atoms with Crippen LogP contribution < -0.4 is 9.47 Å². The summed E-state index contributed by atoms with van der Waals surface area (Å²) in [4.78, 5) is 14.1. The third-order valence-electron chi connectivity index (χ3n) is 5.44. The molecule has 1 aliphatic heterocycles. The summed E-state index contributed by atoms with van der Waals surface area (Å²) in [6.07, 6.45) is 2.57. The van der Waals surface area contributed by atoms with E-state index in [9.17, 15) is 9.90 Å². The molecule has 1 aliphatic rings. The van der Waals surface area contributed by atoms with Crippen molar-refractivity contribution < 1.29 is 19.4 Å². The highest BCUT2D eigenvalue weighted by molar-refractivity contribution is 9.10. The molecular weight excluding hydrogens is 422 g/mol. The summed E-state index contributed by atoms with van der Waals surface area (Å²) in [6, 6.07) is 11.3. The molecular formula is C22H26BrNO4. The summed E-state index contributed by atoms with van der Waals surface area (Å²) in [7, 11) is 3.22. The van der Waals surface area contributed by atoms with E-state index >= 15 is 0 Å². The number of hydrogen-bond acceptors (Lipinski definition) is 4. The fourth-order valence-corrected chi connectivity index (χ4v) is 4.57. The van der Waals surface area contributed by atoms with Gasteiger partial charge in [0.1, 0.15) is 6.04 Å². The highest BCUT2D eigenvalue weighted by Crippen LogP contribution is 2.43. The fraction of sp³-hybridized carbons (Fsp3) is 0.409. The van der Waals surface area contributed by atoms with Crippen molar-refractivity contribution in [2.75, 3.05) is 20.8 Å². The Bertz CT molecular complexity index is 854. The Morgan fingerprint density at radius 2 is 1.82 bits per heavy atom. The zero-order chi connectivity index (χ0) is 20.3. The molecule has 2 atom stereocenters. The predicted octanol–water partition coefficient (Wildman–Crippen LogP) is 4.80. The monoisotopic (exact) mass is 447 g/mol. The van der Waals surface area contributed by atoms with Crippen molar-refractivity contribution in [3.8, 4) is 11.5 Å². The molecule has 0 spiro atoms. The highest BCUT2D eigenvalue weighted by atomic mass is 79.9. The van der Waals surface area contributed by atoms with E-state index in [2.05, 4.69) is 39.9 Å². The van der Waals surface area contributed by atoms with Gasteiger partial charge in [-0.1, -0.05) is 46.6 Å². The van der Waals surface area contributed by atoms with E-state index in [0.717, 1.165) is 40.5 Å². The Balaban J connectivity index is 2.20. The number of likely N-dealkylation sites (tertiary alicyclic amines) is 1. The number of carbonyl (C=O) groups is 1. The SMILES string of the molecule is COc1cc(Br)c(C(c2ccccc2C)N2CCCCC2C(=O)O)cc1OC. The molecule has 28 heavy (non-hydrogen) atoms. The van der Waals surface area contributed by atoms with Gasteiger partial charge in [0.2, 0.25) is 0 Å². The minimum Gasteiger partial charge on any atom is -0.493 e. The first kappa shape index (κ1) is 20.7. The van der Waals surface area contributed by atoms with Crippen molar-refractivity contribution in [2.24, 2.45) is 0 Å². The van der Waals surface area contributed by atoms with E-state index in [-0.39, 0.29) is 6.04 Å². The minimum atomic E-state index is -0.769. The van der Waals surface area contributed by atoms with Crippen LogP contribution in [0.2, 0.25) is 0 Å². The van der Waals surface area contributed by atoms with Gasteiger partial charge in [0, 0.05) is 4.47 Å². The van der Waals surface area contributed by atoms with Crippen molar-refractivity contribution >= 4 is 21.9 Å². The number of methoxy groups -OCH3 is 2. The lowest BCUT2D eigenvalue weighted by molar-refractivity contribution is -0.145. The minimum absolute atomic E-state index is 0.197. The Morgan fingerprint density at radius 1 is 1.14 bits per heavy atom. The van der Waals surface area contributed by atoms with Gasteiger partial charge in [0.15, 0.2) is 11.5 Å². The van der Waals surface area contributed by atoms with Crippen LogP contribution in [0, 0.1) is 6.92 Å².